The zero-order valence-electron chi connectivity index (χ0n) is 13.1. The highest BCUT2D eigenvalue weighted by atomic mass is 32.2. The first kappa shape index (κ1) is 17.5. The van der Waals surface area contributed by atoms with E-state index in [0.717, 1.165) is 6.26 Å². The van der Waals surface area contributed by atoms with Crippen LogP contribution in [0.3, 0.4) is 0 Å². The Labute approximate surface area is 134 Å². The minimum Gasteiger partial charge on any atom is -0.273 e. The molecule has 0 spiro atoms. The van der Waals surface area contributed by atoms with Crippen molar-refractivity contribution in [2.75, 3.05) is 19.3 Å². The molecule has 1 aliphatic rings. The van der Waals surface area contributed by atoms with Crippen molar-refractivity contribution in [2.24, 2.45) is 11.0 Å². The number of hydrogen-bond donors (Lipinski definition) is 1. The minimum absolute atomic E-state index is 0.141. The lowest BCUT2D eigenvalue weighted by molar-refractivity contribution is -0.126. The molecule has 128 valence electrons. The van der Waals surface area contributed by atoms with Crippen LogP contribution in [-0.2, 0) is 21.4 Å². The Kier molecular flexibility index (Phi) is 5.47. The number of hydrazone groups is 1. The molecule has 1 aliphatic heterocycles. The molecule has 1 aromatic rings. The van der Waals surface area contributed by atoms with Crippen LogP contribution in [0, 0.1) is 11.9 Å². The third-order valence-corrected chi connectivity index (χ3v) is 4.97. The van der Waals surface area contributed by atoms with Crippen molar-refractivity contribution in [1.29, 1.82) is 0 Å². The summed E-state index contributed by atoms with van der Waals surface area (Å²) in [7, 11) is -3.31. The zero-order valence-corrected chi connectivity index (χ0v) is 13.9. The van der Waals surface area contributed by atoms with Crippen molar-refractivity contribution < 1.29 is 17.6 Å². The molecule has 1 aromatic heterocycles. The van der Waals surface area contributed by atoms with Crippen molar-refractivity contribution in [2.45, 2.75) is 26.3 Å². The molecule has 1 atom stereocenters. The van der Waals surface area contributed by atoms with Crippen LogP contribution in [0.4, 0.5) is 4.39 Å². The molecule has 0 radical (unpaired) electrons. The first-order chi connectivity index (χ1) is 10.8. The molecule has 8 nitrogen and oxygen atoms in total. The van der Waals surface area contributed by atoms with Gasteiger partial charge in [-0.05, 0) is 19.8 Å². The van der Waals surface area contributed by atoms with Gasteiger partial charge >= 0.3 is 0 Å². The summed E-state index contributed by atoms with van der Waals surface area (Å²) in [5.74, 6) is -1.36. The van der Waals surface area contributed by atoms with Gasteiger partial charge in [-0.1, -0.05) is 0 Å². The third kappa shape index (κ3) is 4.35. The number of rotatable bonds is 5. The van der Waals surface area contributed by atoms with E-state index in [4.69, 9.17) is 0 Å². The molecule has 1 amide bonds. The number of halogens is 1. The number of piperidine rings is 1. The minimum atomic E-state index is -3.31. The number of nitrogens with one attached hydrogen (secondary N) is 1. The number of hydrogen-bond acceptors (Lipinski definition) is 5. The van der Waals surface area contributed by atoms with Crippen LogP contribution in [-0.4, -0.2) is 54.0 Å². The summed E-state index contributed by atoms with van der Waals surface area (Å²) in [4.78, 5) is 12.0. The molecule has 23 heavy (non-hydrogen) atoms. The van der Waals surface area contributed by atoms with Crippen molar-refractivity contribution in [3.05, 3.63) is 17.7 Å². The van der Waals surface area contributed by atoms with E-state index in [1.54, 1.807) is 6.92 Å². The lowest BCUT2D eigenvalue weighted by Gasteiger charge is -2.29. The fraction of sp³-hybridized carbons (Fsp3) is 0.615. The summed E-state index contributed by atoms with van der Waals surface area (Å²) in [6.07, 6.45) is 4.84. The van der Waals surface area contributed by atoms with E-state index >= 15 is 0 Å². The van der Waals surface area contributed by atoms with E-state index in [0.29, 0.717) is 25.9 Å². The van der Waals surface area contributed by atoms with Gasteiger partial charge in [-0.25, -0.2) is 22.8 Å². The summed E-state index contributed by atoms with van der Waals surface area (Å²) in [5, 5.41) is 7.55. The lowest BCUT2D eigenvalue weighted by Crippen LogP contribution is -2.44. The van der Waals surface area contributed by atoms with Gasteiger partial charge in [0, 0.05) is 19.6 Å². The Morgan fingerprint density at radius 1 is 1.61 bits per heavy atom. The Balaban J connectivity index is 1.94. The van der Waals surface area contributed by atoms with Crippen LogP contribution in [0.5, 0.6) is 0 Å². The Morgan fingerprint density at radius 2 is 2.35 bits per heavy atom. The standard InChI is InChI=1S/C13H20FN5O3S/c1-3-19-12(14)11(8-16-19)7-15-17-13(20)10-5-4-6-18(9-10)23(2,21)22/h7-8,10H,3-6,9H2,1-2H3,(H,17,20)/b15-7-/t10-/m0/s1. The highest BCUT2D eigenvalue weighted by molar-refractivity contribution is 7.88. The summed E-state index contributed by atoms with van der Waals surface area (Å²) < 4.78 is 39.3. The number of sulfonamides is 1. The molecule has 0 aliphatic carbocycles. The second kappa shape index (κ2) is 7.18. The number of amides is 1. The van der Waals surface area contributed by atoms with E-state index in [1.165, 1.54) is 21.4 Å². The van der Waals surface area contributed by atoms with E-state index in [9.17, 15) is 17.6 Å². The average Bonchev–Trinajstić information content (AvgIpc) is 2.87. The van der Waals surface area contributed by atoms with Gasteiger partial charge < -0.3 is 0 Å². The molecule has 10 heteroatoms. The van der Waals surface area contributed by atoms with E-state index in [2.05, 4.69) is 15.6 Å². The third-order valence-electron chi connectivity index (χ3n) is 3.70. The van der Waals surface area contributed by atoms with Crippen molar-refractivity contribution in [1.82, 2.24) is 19.5 Å². The lowest BCUT2D eigenvalue weighted by atomic mass is 9.99. The van der Waals surface area contributed by atoms with Crippen LogP contribution in [0.15, 0.2) is 11.3 Å². The van der Waals surface area contributed by atoms with Crippen LogP contribution in [0.1, 0.15) is 25.3 Å². The number of carbonyl (C=O) groups excluding carboxylic acids is 1. The normalized spacial score (nSPS) is 20.0. The summed E-state index contributed by atoms with van der Waals surface area (Å²) in [6, 6.07) is 0. The fourth-order valence-corrected chi connectivity index (χ4v) is 3.32. The topological polar surface area (TPSA) is 96.7 Å². The summed E-state index contributed by atoms with van der Waals surface area (Å²) >= 11 is 0. The summed E-state index contributed by atoms with van der Waals surface area (Å²) in [5.41, 5.74) is 2.51. The van der Waals surface area contributed by atoms with Crippen molar-refractivity contribution >= 4 is 22.1 Å². The monoisotopic (exact) mass is 345 g/mol. The number of carbonyl (C=O) groups is 1. The maximum absolute atomic E-state index is 13.7. The molecule has 1 saturated heterocycles. The SMILES string of the molecule is CCn1ncc(/C=N\NC(=O)[C@H]2CCCN(S(C)(=O)=O)C2)c1F. The van der Waals surface area contributed by atoms with Crippen LogP contribution in [0.25, 0.3) is 0 Å². The molecule has 0 bridgehead atoms. The largest absolute Gasteiger partial charge is 0.273 e. The Morgan fingerprint density at radius 3 is 2.96 bits per heavy atom. The highest BCUT2D eigenvalue weighted by Crippen LogP contribution is 2.18. The smallest absolute Gasteiger partial charge is 0.244 e. The Bertz CT molecular complexity index is 700. The average molecular weight is 345 g/mol. The van der Waals surface area contributed by atoms with Gasteiger partial charge in [0.05, 0.1) is 30.1 Å². The van der Waals surface area contributed by atoms with Gasteiger partial charge in [0.2, 0.25) is 21.9 Å². The first-order valence-electron chi connectivity index (χ1n) is 7.32. The van der Waals surface area contributed by atoms with E-state index < -0.39 is 21.9 Å². The quantitative estimate of drug-likeness (QED) is 0.607. The van der Waals surface area contributed by atoms with Crippen LogP contribution < -0.4 is 5.43 Å². The van der Waals surface area contributed by atoms with Crippen molar-refractivity contribution in [3.8, 4) is 0 Å². The van der Waals surface area contributed by atoms with Crippen LogP contribution >= 0.6 is 0 Å². The fourth-order valence-electron chi connectivity index (χ4n) is 2.41. The van der Waals surface area contributed by atoms with Gasteiger partial charge in [0.25, 0.3) is 0 Å². The predicted octanol–water partition coefficient (Wildman–Crippen LogP) is 0.164. The molecule has 1 fully saturated rings. The number of aryl methyl sites for hydroxylation is 1. The first-order valence-corrected chi connectivity index (χ1v) is 9.17. The maximum atomic E-state index is 13.7. The molecule has 0 unspecified atom stereocenters. The number of aromatic nitrogens is 2. The summed E-state index contributed by atoms with van der Waals surface area (Å²) in [6.45, 7) is 2.72. The molecule has 0 aromatic carbocycles. The maximum Gasteiger partial charge on any atom is 0.244 e. The van der Waals surface area contributed by atoms with E-state index in [-0.39, 0.29) is 18.0 Å². The van der Waals surface area contributed by atoms with Gasteiger partial charge in [0.1, 0.15) is 0 Å². The second-order valence-electron chi connectivity index (χ2n) is 5.40. The zero-order chi connectivity index (χ0) is 17.0. The molecular formula is C13H20FN5O3S. The van der Waals surface area contributed by atoms with Gasteiger partial charge in [-0.3, -0.25) is 4.79 Å². The molecule has 1 N–H and O–H groups in total. The van der Waals surface area contributed by atoms with Gasteiger partial charge in [-0.15, -0.1) is 0 Å². The Hall–Kier alpha value is -1.81. The number of nitrogens with zero attached hydrogens (tertiary/aromatic N) is 4. The van der Waals surface area contributed by atoms with E-state index in [1.807, 2.05) is 0 Å². The molecule has 2 heterocycles. The van der Waals surface area contributed by atoms with Crippen molar-refractivity contribution in [3.63, 3.8) is 0 Å². The van der Waals surface area contributed by atoms with Gasteiger partial charge in [0.15, 0.2) is 0 Å². The molecule has 0 saturated carbocycles. The van der Waals surface area contributed by atoms with Crippen LogP contribution in [0.2, 0.25) is 0 Å². The predicted molar refractivity (Wildman–Crippen MR) is 82.7 cm³/mol. The second-order valence-corrected chi connectivity index (χ2v) is 7.38. The molecular weight excluding hydrogens is 325 g/mol. The highest BCUT2D eigenvalue weighted by Gasteiger charge is 2.30. The molecule has 2 rings (SSSR count). The van der Waals surface area contributed by atoms with Gasteiger partial charge in [-0.2, -0.15) is 14.6 Å².